The molecule has 0 fully saturated rings. The van der Waals surface area contributed by atoms with Crippen molar-refractivity contribution >= 4 is 11.6 Å². The summed E-state index contributed by atoms with van der Waals surface area (Å²) in [6.07, 6.45) is 0. The molecule has 0 aliphatic heterocycles. The van der Waals surface area contributed by atoms with Gasteiger partial charge in [0.05, 0.1) is 12.8 Å². The van der Waals surface area contributed by atoms with Crippen molar-refractivity contribution in [2.75, 3.05) is 7.11 Å². The second kappa shape index (κ2) is 4.40. The fourth-order valence-electron chi connectivity index (χ4n) is 1.23. The van der Waals surface area contributed by atoms with Crippen LogP contribution in [0.15, 0.2) is 18.2 Å². The Bertz CT molecular complexity index is 480. The molecule has 0 saturated heterocycles. The molecular weight excluding hydrogens is 228 g/mol. The van der Waals surface area contributed by atoms with Gasteiger partial charge in [-0.25, -0.2) is 9.97 Å². The van der Waals surface area contributed by atoms with Crippen molar-refractivity contribution in [3.05, 3.63) is 29.2 Å². The van der Waals surface area contributed by atoms with E-state index in [4.69, 9.17) is 16.3 Å². The Kier molecular flexibility index (Phi) is 2.96. The lowest BCUT2D eigenvalue weighted by Crippen LogP contribution is -1.95. The summed E-state index contributed by atoms with van der Waals surface area (Å²) in [7, 11) is 1.54. The van der Waals surface area contributed by atoms with E-state index in [0.717, 1.165) is 5.69 Å². The number of aryl methyl sites for hydroxylation is 1. The second-order valence-corrected chi connectivity index (χ2v) is 3.46. The van der Waals surface area contributed by atoms with Crippen molar-refractivity contribution in [1.29, 1.82) is 0 Å². The molecule has 0 atom stereocenters. The zero-order valence-corrected chi connectivity index (χ0v) is 9.56. The Morgan fingerprint density at radius 1 is 1.12 bits per heavy atom. The van der Waals surface area contributed by atoms with Gasteiger partial charge >= 0.3 is 0 Å². The van der Waals surface area contributed by atoms with Crippen molar-refractivity contribution in [3.63, 3.8) is 0 Å². The lowest BCUT2D eigenvalue weighted by molar-refractivity contribution is 0.392. The van der Waals surface area contributed by atoms with E-state index in [-0.39, 0.29) is 5.28 Å². The third-order valence-corrected chi connectivity index (χ3v) is 2.11. The van der Waals surface area contributed by atoms with Crippen LogP contribution in [0.2, 0.25) is 5.28 Å². The van der Waals surface area contributed by atoms with Gasteiger partial charge in [-0.3, -0.25) is 0 Å². The Balaban J connectivity index is 2.42. The molecule has 0 spiro atoms. The van der Waals surface area contributed by atoms with Gasteiger partial charge in [-0.15, -0.1) is 10.2 Å². The first kappa shape index (κ1) is 10.8. The van der Waals surface area contributed by atoms with Gasteiger partial charge in [-0.1, -0.05) is 0 Å². The molecule has 0 bridgehead atoms. The Morgan fingerprint density at radius 2 is 1.94 bits per heavy atom. The van der Waals surface area contributed by atoms with Gasteiger partial charge in [0, 0.05) is 11.8 Å². The molecule has 0 aliphatic rings. The summed E-state index contributed by atoms with van der Waals surface area (Å²) in [4.78, 5) is 8.05. The van der Waals surface area contributed by atoms with E-state index in [1.807, 2.05) is 6.92 Å². The number of halogens is 1. The van der Waals surface area contributed by atoms with Gasteiger partial charge in [0.15, 0.2) is 0 Å². The normalized spacial score (nSPS) is 10.2. The van der Waals surface area contributed by atoms with Gasteiger partial charge in [-0.2, -0.15) is 0 Å². The molecule has 16 heavy (non-hydrogen) atoms. The third kappa shape index (κ3) is 2.25. The van der Waals surface area contributed by atoms with Crippen molar-refractivity contribution in [2.24, 2.45) is 0 Å². The van der Waals surface area contributed by atoms with Crippen LogP contribution in [0.4, 0.5) is 0 Å². The summed E-state index contributed by atoms with van der Waals surface area (Å²) >= 11 is 5.76. The molecule has 0 aliphatic carbocycles. The molecule has 2 aromatic heterocycles. The highest BCUT2D eigenvalue weighted by Crippen LogP contribution is 2.17. The van der Waals surface area contributed by atoms with Crippen molar-refractivity contribution in [1.82, 2.24) is 20.2 Å². The summed E-state index contributed by atoms with van der Waals surface area (Å²) in [6.45, 7) is 1.84. The number of hydrogen-bond acceptors (Lipinski definition) is 5. The molecule has 82 valence electrons. The summed E-state index contributed by atoms with van der Waals surface area (Å²) < 4.78 is 4.92. The monoisotopic (exact) mass is 236 g/mol. The zero-order chi connectivity index (χ0) is 11.5. The zero-order valence-electron chi connectivity index (χ0n) is 8.81. The largest absolute Gasteiger partial charge is 0.480 e. The summed E-state index contributed by atoms with van der Waals surface area (Å²) in [5, 5.41) is 8.04. The molecular formula is C10H9ClN4O. The first-order valence-corrected chi connectivity index (χ1v) is 4.96. The average molecular weight is 237 g/mol. The Hall–Kier alpha value is -1.75. The summed E-state index contributed by atoms with van der Waals surface area (Å²) in [6, 6.07) is 5.28. The van der Waals surface area contributed by atoms with E-state index in [1.54, 1.807) is 18.2 Å². The van der Waals surface area contributed by atoms with Crippen LogP contribution < -0.4 is 4.74 Å². The van der Waals surface area contributed by atoms with E-state index >= 15 is 0 Å². The van der Waals surface area contributed by atoms with Gasteiger partial charge in [-0.05, 0) is 30.7 Å². The molecule has 0 N–H and O–H groups in total. The second-order valence-electron chi connectivity index (χ2n) is 3.12. The van der Waals surface area contributed by atoms with Crippen molar-refractivity contribution in [2.45, 2.75) is 6.92 Å². The molecule has 0 radical (unpaired) electrons. The Labute approximate surface area is 97.5 Å². The number of ether oxygens (including phenoxy) is 1. The molecule has 2 aromatic rings. The van der Waals surface area contributed by atoms with Crippen LogP contribution in [0, 0.1) is 6.92 Å². The minimum Gasteiger partial charge on any atom is -0.480 e. The molecule has 0 amide bonds. The van der Waals surface area contributed by atoms with Crippen molar-refractivity contribution in [3.8, 4) is 17.3 Å². The topological polar surface area (TPSA) is 60.8 Å². The van der Waals surface area contributed by atoms with Crippen LogP contribution in [0.1, 0.15) is 5.69 Å². The quantitative estimate of drug-likeness (QED) is 0.746. The van der Waals surface area contributed by atoms with Gasteiger partial charge in [0.25, 0.3) is 0 Å². The first-order chi connectivity index (χ1) is 7.69. The highest BCUT2D eigenvalue weighted by atomic mass is 35.5. The number of aromatic nitrogens is 4. The molecule has 6 heteroatoms. The van der Waals surface area contributed by atoms with Crippen LogP contribution in [0.25, 0.3) is 11.4 Å². The highest BCUT2D eigenvalue weighted by Gasteiger charge is 2.05. The van der Waals surface area contributed by atoms with Crippen LogP contribution >= 0.6 is 11.6 Å². The molecule has 2 rings (SSSR count). The number of rotatable bonds is 2. The SMILES string of the molecule is COc1ccc(-c2cc(C)nc(Cl)n2)nn1. The van der Waals surface area contributed by atoms with E-state index < -0.39 is 0 Å². The number of nitrogens with zero attached hydrogens (tertiary/aromatic N) is 4. The Morgan fingerprint density at radius 3 is 2.50 bits per heavy atom. The van der Waals surface area contributed by atoms with Gasteiger partial charge in [0.2, 0.25) is 11.2 Å². The number of hydrogen-bond donors (Lipinski definition) is 0. The van der Waals surface area contributed by atoms with Crippen LogP contribution in [-0.2, 0) is 0 Å². The highest BCUT2D eigenvalue weighted by molar-refractivity contribution is 6.28. The lowest BCUT2D eigenvalue weighted by Gasteiger charge is -2.02. The fraction of sp³-hybridized carbons (Fsp3) is 0.200. The maximum absolute atomic E-state index is 5.76. The van der Waals surface area contributed by atoms with E-state index in [1.165, 1.54) is 7.11 Å². The van der Waals surface area contributed by atoms with Crippen LogP contribution in [0.3, 0.4) is 0 Å². The van der Waals surface area contributed by atoms with Crippen LogP contribution in [0.5, 0.6) is 5.88 Å². The maximum Gasteiger partial charge on any atom is 0.233 e. The summed E-state index contributed by atoms with van der Waals surface area (Å²) in [5.41, 5.74) is 2.06. The summed E-state index contributed by atoms with van der Waals surface area (Å²) in [5.74, 6) is 0.459. The molecule has 0 unspecified atom stereocenters. The van der Waals surface area contributed by atoms with Crippen LogP contribution in [-0.4, -0.2) is 27.3 Å². The first-order valence-electron chi connectivity index (χ1n) is 4.58. The van der Waals surface area contributed by atoms with Gasteiger partial charge < -0.3 is 4.74 Å². The minimum absolute atomic E-state index is 0.201. The third-order valence-electron chi connectivity index (χ3n) is 1.94. The average Bonchev–Trinajstić information content (AvgIpc) is 2.28. The molecule has 0 aromatic carbocycles. The van der Waals surface area contributed by atoms with E-state index in [0.29, 0.717) is 17.3 Å². The standard InChI is InChI=1S/C10H9ClN4O/c1-6-5-8(13-10(11)12-6)7-3-4-9(16-2)15-14-7/h3-5H,1-2H3. The molecule has 5 nitrogen and oxygen atoms in total. The predicted octanol–water partition coefficient (Wildman–Crippen LogP) is 1.90. The van der Waals surface area contributed by atoms with Crippen molar-refractivity contribution < 1.29 is 4.74 Å². The number of methoxy groups -OCH3 is 1. The maximum atomic E-state index is 5.76. The predicted molar refractivity (Wildman–Crippen MR) is 59.4 cm³/mol. The lowest BCUT2D eigenvalue weighted by atomic mass is 10.2. The van der Waals surface area contributed by atoms with E-state index in [9.17, 15) is 0 Å². The van der Waals surface area contributed by atoms with Gasteiger partial charge in [0.1, 0.15) is 5.69 Å². The van der Waals surface area contributed by atoms with E-state index in [2.05, 4.69) is 20.2 Å². The molecule has 2 heterocycles. The smallest absolute Gasteiger partial charge is 0.233 e. The minimum atomic E-state index is 0.201. The fourth-order valence-corrected chi connectivity index (χ4v) is 1.45. The molecule has 0 saturated carbocycles.